The largest absolute Gasteiger partial charge is 0.323 e. The maximum atomic E-state index is 11.3. The van der Waals surface area contributed by atoms with Crippen LogP contribution in [0.25, 0.3) is 11.0 Å². The molecule has 3 N–H and O–H groups in total. The van der Waals surface area contributed by atoms with Gasteiger partial charge < -0.3 is 15.3 Å². The second-order valence-electron chi connectivity index (χ2n) is 5.30. The summed E-state index contributed by atoms with van der Waals surface area (Å²) in [5.74, 6) is 1.53. The van der Waals surface area contributed by atoms with Crippen LogP contribution < -0.4 is 11.0 Å². The van der Waals surface area contributed by atoms with Crippen molar-refractivity contribution in [2.45, 2.75) is 26.3 Å². The van der Waals surface area contributed by atoms with E-state index in [0.717, 1.165) is 29.4 Å². The maximum absolute atomic E-state index is 11.3. The lowest BCUT2D eigenvalue weighted by Gasteiger charge is -2.18. The fourth-order valence-electron chi connectivity index (χ4n) is 2.80. The minimum atomic E-state index is -0.137. The Labute approximate surface area is 106 Å². The molecule has 1 aliphatic carbocycles. The molecule has 18 heavy (non-hydrogen) atoms. The highest BCUT2D eigenvalue weighted by Crippen LogP contribution is 2.47. The third-order valence-electron chi connectivity index (χ3n) is 3.92. The summed E-state index contributed by atoms with van der Waals surface area (Å²) < 4.78 is 0. The molecule has 0 radical (unpaired) electrons. The topological polar surface area (TPSA) is 60.7 Å². The van der Waals surface area contributed by atoms with Crippen LogP contribution in [0.15, 0.2) is 23.0 Å². The molecule has 4 heteroatoms. The van der Waals surface area contributed by atoms with E-state index in [4.69, 9.17) is 0 Å². The van der Waals surface area contributed by atoms with E-state index in [2.05, 4.69) is 41.3 Å². The monoisotopic (exact) mass is 245 g/mol. The summed E-state index contributed by atoms with van der Waals surface area (Å²) >= 11 is 0. The van der Waals surface area contributed by atoms with Crippen molar-refractivity contribution in [1.82, 2.24) is 15.3 Å². The first-order valence-electron chi connectivity index (χ1n) is 6.64. The highest BCUT2D eigenvalue weighted by molar-refractivity contribution is 5.75. The second kappa shape index (κ2) is 4.28. The molecule has 0 bridgehead atoms. The van der Waals surface area contributed by atoms with Crippen LogP contribution in [0.5, 0.6) is 0 Å². The van der Waals surface area contributed by atoms with Crippen LogP contribution in [0.4, 0.5) is 0 Å². The minimum absolute atomic E-state index is 0.137. The minimum Gasteiger partial charge on any atom is -0.310 e. The predicted octanol–water partition coefficient (Wildman–Crippen LogP) is 2.16. The lowest BCUT2D eigenvalue weighted by Crippen LogP contribution is -2.23. The fourth-order valence-corrected chi connectivity index (χ4v) is 2.80. The van der Waals surface area contributed by atoms with E-state index in [1.807, 2.05) is 6.07 Å². The molecule has 1 aromatic heterocycles. The first-order valence-corrected chi connectivity index (χ1v) is 6.64. The van der Waals surface area contributed by atoms with Gasteiger partial charge in [-0.3, -0.25) is 0 Å². The number of imidazole rings is 1. The van der Waals surface area contributed by atoms with Crippen molar-refractivity contribution in [3.05, 3.63) is 34.2 Å². The third kappa shape index (κ3) is 1.97. The van der Waals surface area contributed by atoms with Gasteiger partial charge in [-0.05, 0) is 42.5 Å². The number of hydrogen-bond acceptors (Lipinski definition) is 2. The molecule has 4 nitrogen and oxygen atoms in total. The zero-order chi connectivity index (χ0) is 12.7. The van der Waals surface area contributed by atoms with Crippen molar-refractivity contribution in [2.24, 2.45) is 11.8 Å². The van der Waals surface area contributed by atoms with Crippen molar-refractivity contribution >= 4 is 11.0 Å². The Morgan fingerprint density at radius 3 is 2.78 bits per heavy atom. The van der Waals surface area contributed by atoms with Gasteiger partial charge in [0.15, 0.2) is 0 Å². The molecule has 96 valence electrons. The average Bonchev–Trinajstić information content (AvgIpc) is 2.93. The Morgan fingerprint density at radius 2 is 2.11 bits per heavy atom. The molecule has 1 aromatic carbocycles. The Hall–Kier alpha value is -1.55. The Kier molecular flexibility index (Phi) is 2.74. The van der Waals surface area contributed by atoms with E-state index in [1.54, 1.807) is 0 Å². The maximum Gasteiger partial charge on any atom is 0.323 e. The fraction of sp³-hybridized carbons (Fsp3) is 0.500. The van der Waals surface area contributed by atoms with Crippen LogP contribution >= 0.6 is 0 Å². The number of nitrogens with one attached hydrogen (secondary N) is 3. The van der Waals surface area contributed by atoms with Crippen LogP contribution in [0, 0.1) is 11.8 Å². The molecule has 3 rings (SSSR count). The summed E-state index contributed by atoms with van der Waals surface area (Å²) in [5.41, 5.74) is 2.91. The normalized spacial score (nSPS) is 24.3. The summed E-state index contributed by atoms with van der Waals surface area (Å²) in [6.07, 6.45) is 1.29. The number of aromatic amines is 2. The summed E-state index contributed by atoms with van der Waals surface area (Å²) in [5, 5.41) is 3.56. The van der Waals surface area contributed by atoms with Gasteiger partial charge in [0.05, 0.1) is 11.0 Å². The van der Waals surface area contributed by atoms with Gasteiger partial charge in [0.1, 0.15) is 0 Å². The quantitative estimate of drug-likeness (QED) is 0.773. The smallest absolute Gasteiger partial charge is 0.310 e. The Balaban J connectivity index is 1.97. The molecule has 3 atom stereocenters. The highest BCUT2D eigenvalue weighted by atomic mass is 16.1. The van der Waals surface area contributed by atoms with Crippen LogP contribution in [-0.2, 0) is 0 Å². The van der Waals surface area contributed by atoms with Crippen molar-refractivity contribution in [1.29, 1.82) is 0 Å². The summed E-state index contributed by atoms with van der Waals surface area (Å²) in [7, 11) is 0. The molecule has 0 spiro atoms. The molecule has 1 fully saturated rings. The molecule has 0 saturated heterocycles. The van der Waals surface area contributed by atoms with Crippen molar-refractivity contribution in [2.75, 3.05) is 6.54 Å². The predicted molar refractivity (Wildman–Crippen MR) is 72.6 cm³/mol. The zero-order valence-corrected chi connectivity index (χ0v) is 10.8. The van der Waals surface area contributed by atoms with Crippen molar-refractivity contribution in [3.63, 3.8) is 0 Å². The lowest BCUT2D eigenvalue weighted by molar-refractivity contribution is 0.476. The van der Waals surface area contributed by atoms with Crippen LogP contribution in [-0.4, -0.2) is 16.5 Å². The second-order valence-corrected chi connectivity index (χ2v) is 5.30. The zero-order valence-electron chi connectivity index (χ0n) is 10.8. The third-order valence-corrected chi connectivity index (χ3v) is 3.92. The van der Waals surface area contributed by atoms with Gasteiger partial charge in [0.2, 0.25) is 0 Å². The van der Waals surface area contributed by atoms with Gasteiger partial charge in [0.25, 0.3) is 0 Å². The van der Waals surface area contributed by atoms with Crippen LogP contribution in [0.2, 0.25) is 0 Å². The molecule has 3 unspecified atom stereocenters. The molecule has 1 heterocycles. The Morgan fingerprint density at radius 1 is 1.39 bits per heavy atom. The van der Waals surface area contributed by atoms with Gasteiger partial charge >= 0.3 is 5.69 Å². The molecule has 2 aromatic rings. The van der Waals surface area contributed by atoms with Gasteiger partial charge in [-0.15, -0.1) is 0 Å². The van der Waals surface area contributed by atoms with E-state index < -0.39 is 0 Å². The average molecular weight is 245 g/mol. The van der Waals surface area contributed by atoms with Gasteiger partial charge in [-0.2, -0.15) is 0 Å². The SMILES string of the molecule is CCNC(c1ccc2[nH]c(=O)[nH]c2c1)C1CC1C. The van der Waals surface area contributed by atoms with E-state index >= 15 is 0 Å². The first kappa shape index (κ1) is 11.5. The number of aromatic nitrogens is 2. The molecule has 0 amide bonds. The first-order chi connectivity index (χ1) is 8.69. The summed E-state index contributed by atoms with van der Waals surface area (Å²) in [4.78, 5) is 16.9. The van der Waals surface area contributed by atoms with Gasteiger partial charge in [0, 0.05) is 6.04 Å². The standard InChI is InChI=1S/C14H19N3O/c1-3-15-13(10-6-8(10)2)9-4-5-11-12(7-9)17-14(18)16-11/h4-5,7-8,10,13,15H,3,6H2,1-2H3,(H2,16,17,18). The number of benzene rings is 1. The molecule has 1 aliphatic rings. The van der Waals surface area contributed by atoms with Gasteiger partial charge in [-0.1, -0.05) is 19.9 Å². The molecule has 0 aliphatic heterocycles. The van der Waals surface area contributed by atoms with Crippen LogP contribution in [0.1, 0.15) is 31.9 Å². The molecular formula is C14H19N3O. The van der Waals surface area contributed by atoms with E-state index in [-0.39, 0.29) is 5.69 Å². The number of rotatable bonds is 4. The van der Waals surface area contributed by atoms with Crippen molar-refractivity contribution < 1.29 is 0 Å². The van der Waals surface area contributed by atoms with E-state index in [0.29, 0.717) is 6.04 Å². The number of fused-ring (bicyclic) bond motifs is 1. The Bertz CT molecular complexity index is 613. The van der Waals surface area contributed by atoms with E-state index in [9.17, 15) is 4.79 Å². The molecule has 1 saturated carbocycles. The summed E-state index contributed by atoms with van der Waals surface area (Å²) in [6, 6.07) is 6.60. The lowest BCUT2D eigenvalue weighted by atomic mass is 10.0. The van der Waals surface area contributed by atoms with Crippen LogP contribution in [0.3, 0.4) is 0 Å². The summed E-state index contributed by atoms with van der Waals surface area (Å²) in [6.45, 7) is 5.40. The van der Waals surface area contributed by atoms with Gasteiger partial charge in [-0.25, -0.2) is 4.79 Å². The molecular weight excluding hydrogens is 226 g/mol. The van der Waals surface area contributed by atoms with E-state index in [1.165, 1.54) is 12.0 Å². The number of H-pyrrole nitrogens is 2. The highest BCUT2D eigenvalue weighted by Gasteiger charge is 2.39. The number of hydrogen-bond donors (Lipinski definition) is 3. The van der Waals surface area contributed by atoms with Crippen molar-refractivity contribution in [3.8, 4) is 0 Å².